The Bertz CT molecular complexity index is 717. The first-order chi connectivity index (χ1) is 10.6. The van der Waals surface area contributed by atoms with E-state index in [1.165, 1.54) is 22.5 Å². The van der Waals surface area contributed by atoms with Crippen molar-refractivity contribution < 1.29 is 8.42 Å². The maximum Gasteiger partial charge on any atom is 0.250 e. The van der Waals surface area contributed by atoms with Gasteiger partial charge in [-0.2, -0.15) is 0 Å². The van der Waals surface area contributed by atoms with Crippen molar-refractivity contribution in [2.24, 2.45) is 0 Å². The number of hydrogen-bond acceptors (Lipinski definition) is 4. The fourth-order valence-electron chi connectivity index (χ4n) is 2.74. The zero-order valence-corrected chi connectivity index (χ0v) is 15.2. The van der Waals surface area contributed by atoms with Gasteiger partial charge in [0.2, 0.25) is 10.0 Å². The van der Waals surface area contributed by atoms with Crippen LogP contribution in [0.25, 0.3) is 0 Å². The molecule has 0 amide bonds. The summed E-state index contributed by atoms with van der Waals surface area (Å²) >= 11 is 1.25. The second-order valence-corrected chi connectivity index (χ2v) is 8.42. The Morgan fingerprint density at radius 2 is 1.91 bits per heavy atom. The maximum atomic E-state index is 12.0. The van der Waals surface area contributed by atoms with E-state index < -0.39 is 10.0 Å². The van der Waals surface area contributed by atoms with Crippen molar-refractivity contribution in [3.8, 4) is 0 Å². The van der Waals surface area contributed by atoms with E-state index in [0.29, 0.717) is 10.8 Å². The zero-order chi connectivity index (χ0) is 15.4. The smallest absolute Gasteiger partial charge is 0.250 e. The van der Waals surface area contributed by atoms with Gasteiger partial charge in [0.1, 0.15) is 4.21 Å². The van der Waals surface area contributed by atoms with Crippen LogP contribution in [0.5, 0.6) is 0 Å². The summed E-state index contributed by atoms with van der Waals surface area (Å²) in [6.07, 6.45) is 1.91. The number of halogens is 1. The quantitative estimate of drug-likeness (QED) is 0.793. The molecule has 2 aromatic rings. The van der Waals surface area contributed by atoms with Crippen molar-refractivity contribution in [1.82, 2.24) is 9.62 Å². The second-order valence-electron chi connectivity index (χ2n) is 5.48. The van der Waals surface area contributed by atoms with Crippen LogP contribution in [0.15, 0.2) is 46.0 Å². The fraction of sp³-hybridized carbons (Fsp3) is 0.375. The van der Waals surface area contributed by atoms with Gasteiger partial charge in [-0.25, -0.2) is 13.1 Å². The van der Waals surface area contributed by atoms with Gasteiger partial charge >= 0.3 is 0 Å². The van der Waals surface area contributed by atoms with Crippen LogP contribution >= 0.6 is 23.7 Å². The summed E-state index contributed by atoms with van der Waals surface area (Å²) in [6, 6.07) is 11.9. The molecule has 3 rings (SSSR count). The summed E-state index contributed by atoms with van der Waals surface area (Å²) in [4.78, 5) is 2.39. The first-order valence-corrected chi connectivity index (χ1v) is 9.84. The van der Waals surface area contributed by atoms with Crippen molar-refractivity contribution in [1.29, 1.82) is 0 Å². The monoisotopic (exact) mass is 372 g/mol. The molecular formula is C16H21ClN2O2S2. The van der Waals surface area contributed by atoms with Crippen LogP contribution in [0, 0.1) is 0 Å². The summed E-state index contributed by atoms with van der Waals surface area (Å²) in [5.74, 6) is 0. The van der Waals surface area contributed by atoms with Crippen LogP contribution < -0.4 is 4.72 Å². The first kappa shape index (κ1) is 18.4. The van der Waals surface area contributed by atoms with E-state index in [-0.39, 0.29) is 12.4 Å². The van der Waals surface area contributed by atoms with Crippen LogP contribution in [0.3, 0.4) is 0 Å². The third-order valence-corrected chi connectivity index (χ3v) is 6.77. The van der Waals surface area contributed by atoms with Crippen molar-refractivity contribution in [3.63, 3.8) is 0 Å². The van der Waals surface area contributed by atoms with Gasteiger partial charge in [0.15, 0.2) is 0 Å². The Labute approximate surface area is 148 Å². The average Bonchev–Trinajstić information content (AvgIpc) is 3.07. The highest BCUT2D eigenvalue weighted by atomic mass is 35.5. The molecule has 1 N–H and O–H groups in total. The molecule has 4 nitrogen and oxygen atoms in total. The average molecular weight is 373 g/mol. The van der Waals surface area contributed by atoms with Crippen LogP contribution in [-0.4, -0.2) is 33.0 Å². The third kappa shape index (κ3) is 4.78. The molecule has 0 saturated carbocycles. The molecule has 0 fully saturated rings. The number of hydrogen-bond donors (Lipinski definition) is 1. The predicted molar refractivity (Wildman–Crippen MR) is 96.8 cm³/mol. The molecule has 0 spiro atoms. The zero-order valence-electron chi connectivity index (χ0n) is 12.8. The van der Waals surface area contributed by atoms with Crippen LogP contribution in [0.1, 0.15) is 17.5 Å². The molecule has 1 aliphatic rings. The van der Waals surface area contributed by atoms with Crippen molar-refractivity contribution in [2.75, 3.05) is 19.6 Å². The summed E-state index contributed by atoms with van der Waals surface area (Å²) in [5.41, 5.74) is 2.84. The molecule has 2 heterocycles. The lowest BCUT2D eigenvalue weighted by molar-refractivity contribution is 0.251. The summed E-state index contributed by atoms with van der Waals surface area (Å²) < 4.78 is 27.1. The topological polar surface area (TPSA) is 49.4 Å². The summed E-state index contributed by atoms with van der Waals surface area (Å²) in [5, 5.41) is 1.78. The van der Waals surface area contributed by atoms with Gasteiger partial charge < -0.3 is 0 Å². The Hall–Kier alpha value is -0.920. The van der Waals surface area contributed by atoms with E-state index in [1.54, 1.807) is 17.5 Å². The standard InChI is InChI=1S/C16H20N2O2S2.ClH/c19-22(20,16-7-3-12-21-16)17-9-4-10-18-11-8-14-5-1-2-6-15(14)13-18;/h1-3,5-7,12,17H,4,8-11,13H2;1H. The van der Waals surface area contributed by atoms with Gasteiger partial charge in [-0.15, -0.1) is 23.7 Å². The van der Waals surface area contributed by atoms with Gasteiger partial charge in [0, 0.05) is 19.6 Å². The second kappa shape index (κ2) is 8.26. The number of thiophene rings is 1. The molecule has 0 radical (unpaired) electrons. The number of nitrogens with zero attached hydrogens (tertiary/aromatic N) is 1. The minimum Gasteiger partial charge on any atom is -0.299 e. The Morgan fingerprint density at radius 3 is 2.65 bits per heavy atom. The molecule has 126 valence electrons. The molecule has 1 aromatic heterocycles. The maximum absolute atomic E-state index is 12.0. The van der Waals surface area contributed by atoms with Gasteiger partial charge in [0.25, 0.3) is 0 Å². The molecule has 1 aromatic carbocycles. The number of benzene rings is 1. The van der Waals surface area contributed by atoms with E-state index in [0.717, 1.165) is 32.5 Å². The van der Waals surface area contributed by atoms with Crippen LogP contribution in [0.4, 0.5) is 0 Å². The predicted octanol–water partition coefficient (Wildman–Crippen LogP) is 2.90. The molecule has 0 atom stereocenters. The molecular weight excluding hydrogens is 352 g/mol. The minimum atomic E-state index is -3.32. The van der Waals surface area contributed by atoms with E-state index >= 15 is 0 Å². The highest BCUT2D eigenvalue weighted by molar-refractivity contribution is 7.91. The highest BCUT2D eigenvalue weighted by Gasteiger charge is 2.16. The largest absolute Gasteiger partial charge is 0.299 e. The number of fused-ring (bicyclic) bond motifs is 1. The molecule has 0 bridgehead atoms. The van der Waals surface area contributed by atoms with Crippen LogP contribution in [0.2, 0.25) is 0 Å². The van der Waals surface area contributed by atoms with Crippen LogP contribution in [-0.2, 0) is 23.0 Å². The normalized spacial score (nSPS) is 15.0. The fourth-order valence-corrected chi connectivity index (χ4v) is 4.85. The van der Waals surface area contributed by atoms with E-state index in [1.807, 2.05) is 0 Å². The van der Waals surface area contributed by atoms with Gasteiger partial charge in [-0.3, -0.25) is 4.90 Å². The molecule has 0 saturated heterocycles. The van der Waals surface area contributed by atoms with Crippen molar-refractivity contribution in [3.05, 3.63) is 52.9 Å². The van der Waals surface area contributed by atoms with E-state index in [2.05, 4.69) is 33.9 Å². The number of nitrogens with one attached hydrogen (secondary N) is 1. The van der Waals surface area contributed by atoms with Gasteiger partial charge in [-0.1, -0.05) is 30.3 Å². The van der Waals surface area contributed by atoms with Gasteiger partial charge in [-0.05, 0) is 42.0 Å². The Kier molecular flexibility index (Phi) is 6.61. The molecule has 0 aliphatic carbocycles. The molecule has 1 aliphatic heterocycles. The minimum absolute atomic E-state index is 0. The summed E-state index contributed by atoms with van der Waals surface area (Å²) in [6.45, 7) is 3.42. The van der Waals surface area contributed by atoms with E-state index in [9.17, 15) is 8.42 Å². The Morgan fingerprint density at radius 1 is 1.13 bits per heavy atom. The molecule has 0 unspecified atom stereocenters. The van der Waals surface area contributed by atoms with E-state index in [4.69, 9.17) is 0 Å². The first-order valence-electron chi connectivity index (χ1n) is 7.47. The Balaban J connectivity index is 0.00000192. The van der Waals surface area contributed by atoms with Crippen molar-refractivity contribution in [2.45, 2.75) is 23.6 Å². The highest BCUT2D eigenvalue weighted by Crippen LogP contribution is 2.18. The van der Waals surface area contributed by atoms with Gasteiger partial charge in [0.05, 0.1) is 0 Å². The lowest BCUT2D eigenvalue weighted by Crippen LogP contribution is -2.33. The lowest BCUT2D eigenvalue weighted by Gasteiger charge is -2.28. The summed E-state index contributed by atoms with van der Waals surface area (Å²) in [7, 11) is -3.32. The molecule has 7 heteroatoms. The number of sulfonamides is 1. The SMILES string of the molecule is Cl.O=S(=O)(NCCCN1CCc2ccccc2C1)c1cccs1. The lowest BCUT2D eigenvalue weighted by atomic mass is 10.00. The third-order valence-electron chi connectivity index (χ3n) is 3.91. The molecule has 23 heavy (non-hydrogen) atoms. The number of rotatable bonds is 6. The van der Waals surface area contributed by atoms with Crippen molar-refractivity contribution >= 4 is 33.8 Å².